The zero-order valence-electron chi connectivity index (χ0n) is 20.5. The number of para-hydroxylation sites is 2. The van der Waals surface area contributed by atoms with E-state index >= 15 is 0 Å². The molecular formula is C26H31N11. The zero-order valence-corrected chi connectivity index (χ0v) is 20.5. The number of fused-ring (bicyclic) bond motifs is 2. The van der Waals surface area contributed by atoms with Gasteiger partial charge in [0.05, 0.1) is 6.54 Å². The minimum Gasteiger partial charge on any atom is -0.370 e. The number of hydrogen-bond acceptors (Lipinski definition) is 7. The molecule has 0 spiro atoms. The van der Waals surface area contributed by atoms with Crippen LogP contribution in [0, 0.1) is 0 Å². The van der Waals surface area contributed by atoms with Gasteiger partial charge in [-0.25, -0.2) is 0 Å². The number of nitrogens with one attached hydrogen (secondary N) is 5. The van der Waals surface area contributed by atoms with Gasteiger partial charge >= 0.3 is 0 Å². The molecule has 0 saturated carbocycles. The first-order valence-corrected chi connectivity index (χ1v) is 12.3. The van der Waals surface area contributed by atoms with Crippen LogP contribution >= 0.6 is 0 Å². The van der Waals surface area contributed by atoms with E-state index in [0.29, 0.717) is 44.0 Å². The molecule has 5 rings (SSSR count). The molecule has 0 atom stereocenters. The highest BCUT2D eigenvalue weighted by molar-refractivity contribution is 5.83. The van der Waals surface area contributed by atoms with Gasteiger partial charge in [-0.1, -0.05) is 36.4 Å². The fraction of sp³-hybridized carbons (Fsp3) is 0.231. The number of nitrogens with zero attached hydrogens (tertiary/aromatic N) is 4. The van der Waals surface area contributed by atoms with Gasteiger partial charge in [0.25, 0.3) is 0 Å². The van der Waals surface area contributed by atoms with E-state index in [4.69, 9.17) is 11.5 Å². The maximum absolute atomic E-state index is 5.41. The lowest BCUT2D eigenvalue weighted by Crippen LogP contribution is -2.24. The van der Waals surface area contributed by atoms with Gasteiger partial charge in [-0.2, -0.15) is 15.0 Å². The molecule has 9 N–H and O–H groups in total. The Morgan fingerprint density at radius 3 is 1.62 bits per heavy atom. The molecule has 0 fully saturated rings. The van der Waals surface area contributed by atoms with Crippen molar-refractivity contribution >= 4 is 45.6 Å². The Kier molecular flexibility index (Phi) is 7.30. The van der Waals surface area contributed by atoms with Gasteiger partial charge in [-0.05, 0) is 36.1 Å². The molecule has 2 aromatic carbocycles. The van der Waals surface area contributed by atoms with Crippen LogP contribution in [-0.4, -0.2) is 57.1 Å². The number of nitrogens with two attached hydrogens (primary N) is 2. The zero-order chi connectivity index (χ0) is 25.5. The number of aromatic amines is 2. The van der Waals surface area contributed by atoms with Crippen molar-refractivity contribution < 1.29 is 0 Å². The molecule has 0 saturated heterocycles. The summed E-state index contributed by atoms with van der Waals surface area (Å²) in [6.45, 7) is 2.26. The summed E-state index contributed by atoms with van der Waals surface area (Å²) in [7, 11) is 0. The van der Waals surface area contributed by atoms with E-state index in [1.54, 1.807) is 0 Å². The lowest BCUT2D eigenvalue weighted by molar-refractivity contribution is 0.927. The van der Waals surface area contributed by atoms with Gasteiger partial charge in [-0.3, -0.25) is 4.99 Å². The van der Waals surface area contributed by atoms with Crippen LogP contribution in [0.2, 0.25) is 0 Å². The molecule has 0 aliphatic carbocycles. The molecule has 11 heteroatoms. The number of rotatable bonds is 12. The highest BCUT2D eigenvalue weighted by Gasteiger charge is 2.09. The Hall–Kier alpha value is -4.80. The number of hydrogen-bond donors (Lipinski definition) is 7. The predicted octanol–water partition coefficient (Wildman–Crippen LogP) is 2.83. The lowest BCUT2D eigenvalue weighted by Gasteiger charge is -2.11. The fourth-order valence-corrected chi connectivity index (χ4v) is 4.26. The summed E-state index contributed by atoms with van der Waals surface area (Å²) in [6, 6.07) is 16.6. The molecule has 0 aliphatic rings. The van der Waals surface area contributed by atoms with Crippen molar-refractivity contribution in [1.82, 2.24) is 24.9 Å². The number of H-pyrrole nitrogens is 2. The summed E-state index contributed by atoms with van der Waals surface area (Å²) < 4.78 is 0. The summed E-state index contributed by atoms with van der Waals surface area (Å²) in [5.74, 6) is 1.49. The lowest BCUT2D eigenvalue weighted by atomic mass is 10.1. The fourth-order valence-electron chi connectivity index (χ4n) is 4.26. The second kappa shape index (κ2) is 11.3. The van der Waals surface area contributed by atoms with Crippen LogP contribution in [0.5, 0.6) is 0 Å². The molecule has 11 nitrogen and oxygen atoms in total. The van der Waals surface area contributed by atoms with Crippen molar-refractivity contribution in [3.63, 3.8) is 0 Å². The monoisotopic (exact) mass is 497 g/mol. The van der Waals surface area contributed by atoms with Crippen molar-refractivity contribution in [2.45, 2.75) is 12.8 Å². The molecule has 0 bridgehead atoms. The topological polar surface area (TPSA) is 171 Å². The number of aromatic nitrogens is 5. The molecule has 5 aromatic rings. The van der Waals surface area contributed by atoms with Gasteiger partial charge in [0.1, 0.15) is 0 Å². The van der Waals surface area contributed by atoms with Gasteiger partial charge in [-0.15, -0.1) is 0 Å². The first-order valence-electron chi connectivity index (χ1n) is 12.3. The van der Waals surface area contributed by atoms with Crippen molar-refractivity contribution in [3.05, 3.63) is 72.1 Å². The second-order valence-corrected chi connectivity index (χ2v) is 8.61. The Balaban J connectivity index is 1.24. The van der Waals surface area contributed by atoms with E-state index < -0.39 is 0 Å². The first kappa shape index (κ1) is 23.9. The highest BCUT2D eigenvalue weighted by atomic mass is 15.3. The van der Waals surface area contributed by atoms with Gasteiger partial charge in [0.2, 0.25) is 17.8 Å². The molecule has 0 amide bonds. The van der Waals surface area contributed by atoms with Gasteiger partial charge < -0.3 is 37.4 Å². The minimum absolute atomic E-state index is 0.0525. The molecule has 3 heterocycles. The molecular weight excluding hydrogens is 466 g/mol. The van der Waals surface area contributed by atoms with Crippen LogP contribution in [0.3, 0.4) is 0 Å². The number of guanidine groups is 1. The average Bonchev–Trinajstić information content (AvgIpc) is 3.51. The van der Waals surface area contributed by atoms with E-state index in [0.717, 1.165) is 23.9 Å². The summed E-state index contributed by atoms with van der Waals surface area (Å²) in [5, 5.41) is 12.3. The maximum atomic E-state index is 5.41. The first-order chi connectivity index (χ1) is 18.2. The van der Waals surface area contributed by atoms with Crippen molar-refractivity contribution in [3.8, 4) is 0 Å². The van der Waals surface area contributed by atoms with Crippen molar-refractivity contribution in [1.29, 1.82) is 0 Å². The van der Waals surface area contributed by atoms with E-state index in [1.165, 1.54) is 21.9 Å². The predicted molar refractivity (Wildman–Crippen MR) is 150 cm³/mol. The van der Waals surface area contributed by atoms with Gasteiger partial charge in [0, 0.05) is 53.8 Å². The Labute approximate surface area is 214 Å². The third kappa shape index (κ3) is 6.07. The number of aliphatic imine (C=N–C) groups is 1. The summed E-state index contributed by atoms with van der Waals surface area (Å²) in [5.41, 5.74) is 15.6. The van der Waals surface area contributed by atoms with Crippen molar-refractivity contribution in [2.75, 3.05) is 42.1 Å². The second-order valence-electron chi connectivity index (χ2n) is 8.61. The van der Waals surface area contributed by atoms with E-state index in [2.05, 4.69) is 70.1 Å². The third-order valence-corrected chi connectivity index (χ3v) is 6.03. The molecule has 3 aromatic heterocycles. The molecule has 37 heavy (non-hydrogen) atoms. The summed E-state index contributed by atoms with van der Waals surface area (Å²) in [6.07, 6.45) is 5.75. The number of benzene rings is 2. The van der Waals surface area contributed by atoms with Crippen molar-refractivity contribution in [2.24, 2.45) is 16.5 Å². The van der Waals surface area contributed by atoms with E-state index in [1.807, 2.05) is 36.7 Å². The quantitative estimate of drug-likeness (QED) is 0.0783. The van der Waals surface area contributed by atoms with Crippen LogP contribution in [0.1, 0.15) is 11.1 Å². The summed E-state index contributed by atoms with van der Waals surface area (Å²) >= 11 is 0. The van der Waals surface area contributed by atoms with Crippen LogP contribution in [0.25, 0.3) is 21.8 Å². The highest BCUT2D eigenvalue weighted by Crippen LogP contribution is 2.19. The SMILES string of the molecule is NC(N)=NCCNc1nc(NCCc2c[nH]c3ccccc23)nc(NCCc2c[nH]c3ccccc23)n1. The van der Waals surface area contributed by atoms with Gasteiger partial charge in [0.15, 0.2) is 5.96 Å². The molecule has 0 aliphatic heterocycles. The third-order valence-electron chi connectivity index (χ3n) is 6.03. The van der Waals surface area contributed by atoms with E-state index in [-0.39, 0.29) is 5.96 Å². The average molecular weight is 498 g/mol. The minimum atomic E-state index is 0.0525. The van der Waals surface area contributed by atoms with Crippen LogP contribution in [0.15, 0.2) is 65.9 Å². The molecule has 0 unspecified atom stereocenters. The van der Waals surface area contributed by atoms with Crippen LogP contribution < -0.4 is 27.4 Å². The normalized spacial score (nSPS) is 11.0. The van der Waals surface area contributed by atoms with E-state index in [9.17, 15) is 0 Å². The molecule has 190 valence electrons. The number of anilines is 3. The molecule has 0 radical (unpaired) electrons. The largest absolute Gasteiger partial charge is 0.370 e. The van der Waals surface area contributed by atoms with Crippen LogP contribution in [0.4, 0.5) is 17.8 Å². The Bertz CT molecular complexity index is 1400. The standard InChI is InChI=1S/C26H31N11/c27-23(28)29-13-14-32-26-36-24(30-11-9-17-15-33-21-7-3-1-5-19(17)21)35-25(37-26)31-12-10-18-16-34-22-8-4-2-6-20(18)22/h1-8,15-16,33-34H,9-14H2,(H4,27,28,29)(H3,30,31,32,35,36,37). The Morgan fingerprint density at radius 1 is 0.676 bits per heavy atom. The maximum Gasteiger partial charge on any atom is 0.229 e. The van der Waals surface area contributed by atoms with Crippen LogP contribution in [-0.2, 0) is 12.8 Å². The smallest absolute Gasteiger partial charge is 0.229 e. The summed E-state index contributed by atoms with van der Waals surface area (Å²) in [4.78, 5) is 24.3. The Morgan fingerprint density at radius 2 is 1.14 bits per heavy atom.